The topological polar surface area (TPSA) is 34.1 Å². The van der Waals surface area contributed by atoms with E-state index in [1.165, 1.54) is 12.0 Å². The van der Waals surface area contributed by atoms with Gasteiger partial charge in [0, 0.05) is 18.0 Å². The van der Waals surface area contributed by atoms with Gasteiger partial charge in [0.15, 0.2) is 0 Å². The van der Waals surface area contributed by atoms with Crippen LogP contribution in [0.15, 0.2) is 29.6 Å². The summed E-state index contributed by atoms with van der Waals surface area (Å²) in [7, 11) is 0. The Hall–Kier alpha value is -1.39. The smallest absolute Gasteiger partial charge is 0.131 e. The maximum Gasteiger partial charge on any atom is 0.131 e. The minimum absolute atomic E-state index is 0.482. The van der Waals surface area contributed by atoms with Gasteiger partial charge in [-0.15, -0.1) is 11.3 Å². The molecule has 0 saturated heterocycles. The lowest BCUT2D eigenvalue weighted by atomic mass is 10.1. The Balaban J connectivity index is 1.82. The van der Waals surface area contributed by atoms with Crippen molar-refractivity contribution in [1.82, 2.24) is 10.3 Å². The second kappa shape index (κ2) is 8.15. The van der Waals surface area contributed by atoms with Crippen LogP contribution in [0.3, 0.4) is 0 Å². The molecule has 0 aliphatic rings. The molecule has 2 aromatic rings. The first kappa shape index (κ1) is 16.0. The second-order valence-corrected chi connectivity index (χ2v) is 6.39. The first-order valence-corrected chi connectivity index (χ1v) is 8.43. The summed E-state index contributed by atoms with van der Waals surface area (Å²) in [5.74, 6) is 0.907. The number of nitrogens with one attached hydrogen (secondary N) is 1. The molecule has 2 rings (SSSR count). The summed E-state index contributed by atoms with van der Waals surface area (Å²) in [5.41, 5.74) is 2.36. The van der Waals surface area contributed by atoms with E-state index in [4.69, 9.17) is 4.74 Å². The van der Waals surface area contributed by atoms with Gasteiger partial charge in [0.25, 0.3) is 0 Å². The van der Waals surface area contributed by atoms with Crippen molar-refractivity contribution in [1.29, 1.82) is 0 Å². The number of aromatic nitrogens is 1. The van der Waals surface area contributed by atoms with Crippen molar-refractivity contribution in [3.63, 3.8) is 0 Å². The standard InChI is InChI=1S/C17H24N2OS/c1-4-5-14-6-8-16(9-7-14)20-11-15-12-21-17(19-15)10-18-13(2)3/h6-9,12-13,18H,4-5,10-11H2,1-3H3. The Kier molecular flexibility index (Phi) is 6.21. The van der Waals surface area contributed by atoms with Crippen LogP contribution in [0.4, 0.5) is 0 Å². The molecule has 0 unspecified atom stereocenters. The predicted molar refractivity (Wildman–Crippen MR) is 88.9 cm³/mol. The van der Waals surface area contributed by atoms with E-state index >= 15 is 0 Å². The molecule has 0 atom stereocenters. The molecule has 1 N–H and O–H groups in total. The van der Waals surface area contributed by atoms with Crippen LogP contribution in [0.2, 0.25) is 0 Å². The molecular weight excluding hydrogens is 280 g/mol. The highest BCUT2D eigenvalue weighted by Crippen LogP contribution is 2.16. The highest BCUT2D eigenvalue weighted by Gasteiger charge is 2.04. The molecule has 3 nitrogen and oxygen atoms in total. The van der Waals surface area contributed by atoms with Crippen LogP contribution in [0.5, 0.6) is 5.75 Å². The number of benzene rings is 1. The molecule has 0 radical (unpaired) electrons. The van der Waals surface area contributed by atoms with Gasteiger partial charge in [0.2, 0.25) is 0 Å². The molecule has 1 aromatic heterocycles. The number of nitrogens with zero attached hydrogens (tertiary/aromatic N) is 1. The molecule has 0 aliphatic carbocycles. The Labute approximate surface area is 131 Å². The predicted octanol–water partition coefficient (Wildman–Crippen LogP) is 4.17. The molecule has 0 spiro atoms. The average Bonchev–Trinajstić information content (AvgIpc) is 2.93. The zero-order chi connectivity index (χ0) is 15.1. The van der Waals surface area contributed by atoms with E-state index < -0.39 is 0 Å². The fourth-order valence-electron chi connectivity index (χ4n) is 1.99. The summed E-state index contributed by atoms with van der Waals surface area (Å²) in [6.45, 7) is 7.83. The molecule has 114 valence electrons. The van der Waals surface area contributed by atoms with Crippen LogP contribution in [-0.4, -0.2) is 11.0 Å². The normalized spacial score (nSPS) is 11.0. The van der Waals surface area contributed by atoms with Crippen LogP contribution >= 0.6 is 11.3 Å². The van der Waals surface area contributed by atoms with Crippen molar-refractivity contribution in [2.75, 3.05) is 0 Å². The van der Waals surface area contributed by atoms with Crippen LogP contribution < -0.4 is 10.1 Å². The van der Waals surface area contributed by atoms with E-state index in [-0.39, 0.29) is 0 Å². The minimum atomic E-state index is 0.482. The van der Waals surface area contributed by atoms with Crippen LogP contribution in [-0.2, 0) is 19.6 Å². The lowest BCUT2D eigenvalue weighted by Crippen LogP contribution is -2.21. The maximum absolute atomic E-state index is 5.79. The largest absolute Gasteiger partial charge is 0.487 e. The van der Waals surface area contributed by atoms with Gasteiger partial charge >= 0.3 is 0 Å². The summed E-state index contributed by atoms with van der Waals surface area (Å²) in [6, 6.07) is 8.84. The second-order valence-electron chi connectivity index (χ2n) is 5.45. The highest BCUT2D eigenvalue weighted by molar-refractivity contribution is 7.09. The maximum atomic E-state index is 5.79. The Morgan fingerprint density at radius 2 is 2.00 bits per heavy atom. The van der Waals surface area contributed by atoms with Crippen molar-refractivity contribution in [3.8, 4) is 5.75 Å². The third kappa shape index (κ3) is 5.48. The van der Waals surface area contributed by atoms with Gasteiger partial charge in [-0.1, -0.05) is 39.3 Å². The highest BCUT2D eigenvalue weighted by atomic mass is 32.1. The zero-order valence-electron chi connectivity index (χ0n) is 13.1. The summed E-state index contributed by atoms with van der Waals surface area (Å²) in [5, 5.41) is 6.56. The van der Waals surface area contributed by atoms with Gasteiger partial charge in [0.1, 0.15) is 17.4 Å². The molecular formula is C17H24N2OS. The number of aryl methyl sites for hydroxylation is 1. The number of ether oxygens (including phenoxy) is 1. The zero-order valence-corrected chi connectivity index (χ0v) is 13.9. The van der Waals surface area contributed by atoms with Gasteiger partial charge in [0.05, 0.1) is 5.69 Å². The molecule has 21 heavy (non-hydrogen) atoms. The lowest BCUT2D eigenvalue weighted by molar-refractivity contribution is 0.301. The SMILES string of the molecule is CCCc1ccc(OCc2csc(CNC(C)C)n2)cc1. The Bertz CT molecular complexity index is 534. The van der Waals surface area contributed by atoms with Crippen molar-refractivity contribution >= 4 is 11.3 Å². The molecule has 1 aromatic carbocycles. The molecule has 0 bridgehead atoms. The fourth-order valence-corrected chi connectivity index (χ4v) is 2.72. The van der Waals surface area contributed by atoms with Crippen LogP contribution in [0.25, 0.3) is 0 Å². The average molecular weight is 304 g/mol. The Morgan fingerprint density at radius 1 is 1.24 bits per heavy atom. The molecule has 0 fully saturated rings. The number of thiazole rings is 1. The van der Waals surface area contributed by atoms with E-state index in [2.05, 4.69) is 48.6 Å². The van der Waals surface area contributed by atoms with Crippen LogP contribution in [0.1, 0.15) is 43.5 Å². The van der Waals surface area contributed by atoms with E-state index in [1.807, 2.05) is 12.1 Å². The quantitative estimate of drug-likeness (QED) is 0.794. The van der Waals surface area contributed by atoms with Gasteiger partial charge in [-0.05, 0) is 24.1 Å². The first-order valence-electron chi connectivity index (χ1n) is 7.55. The number of hydrogen-bond acceptors (Lipinski definition) is 4. The van der Waals surface area contributed by atoms with E-state index in [0.717, 1.165) is 29.4 Å². The summed E-state index contributed by atoms with van der Waals surface area (Å²) < 4.78 is 5.79. The summed E-state index contributed by atoms with van der Waals surface area (Å²) in [6.07, 6.45) is 2.30. The van der Waals surface area contributed by atoms with Gasteiger partial charge < -0.3 is 10.1 Å². The summed E-state index contributed by atoms with van der Waals surface area (Å²) in [4.78, 5) is 4.58. The minimum Gasteiger partial charge on any atom is -0.487 e. The monoisotopic (exact) mass is 304 g/mol. The molecule has 0 saturated carbocycles. The van der Waals surface area contributed by atoms with Crippen molar-refractivity contribution in [2.45, 2.75) is 52.8 Å². The van der Waals surface area contributed by atoms with Crippen molar-refractivity contribution in [2.24, 2.45) is 0 Å². The lowest BCUT2D eigenvalue weighted by Gasteiger charge is -2.06. The van der Waals surface area contributed by atoms with Gasteiger partial charge in [-0.25, -0.2) is 4.98 Å². The van der Waals surface area contributed by atoms with E-state index in [9.17, 15) is 0 Å². The third-order valence-electron chi connectivity index (χ3n) is 3.11. The van der Waals surface area contributed by atoms with Gasteiger partial charge in [-0.3, -0.25) is 0 Å². The van der Waals surface area contributed by atoms with Crippen molar-refractivity contribution in [3.05, 3.63) is 45.9 Å². The molecule has 1 heterocycles. The number of rotatable bonds is 8. The van der Waals surface area contributed by atoms with Gasteiger partial charge in [-0.2, -0.15) is 0 Å². The fraction of sp³-hybridized carbons (Fsp3) is 0.471. The third-order valence-corrected chi connectivity index (χ3v) is 4.01. The summed E-state index contributed by atoms with van der Waals surface area (Å²) >= 11 is 1.68. The van der Waals surface area contributed by atoms with Crippen molar-refractivity contribution < 1.29 is 4.74 Å². The molecule has 0 amide bonds. The number of hydrogen-bond donors (Lipinski definition) is 1. The molecule has 0 aliphatic heterocycles. The Morgan fingerprint density at radius 3 is 2.67 bits per heavy atom. The molecule has 4 heteroatoms. The first-order chi connectivity index (χ1) is 10.2. The van der Waals surface area contributed by atoms with E-state index in [0.29, 0.717) is 12.6 Å². The van der Waals surface area contributed by atoms with E-state index in [1.54, 1.807) is 11.3 Å². The van der Waals surface area contributed by atoms with Crippen LogP contribution in [0, 0.1) is 0 Å².